The quantitative estimate of drug-likeness (QED) is 0.866. The summed E-state index contributed by atoms with van der Waals surface area (Å²) in [7, 11) is -1.90. The average molecular weight is 381 g/mol. The zero-order chi connectivity index (χ0) is 14.0. The highest BCUT2D eigenvalue weighted by molar-refractivity contribution is 9.11. The third kappa shape index (κ3) is 3.26. The Morgan fingerprint density at radius 3 is 2.68 bits per heavy atom. The summed E-state index contributed by atoms with van der Waals surface area (Å²) < 4.78 is 26.9. The van der Waals surface area contributed by atoms with E-state index in [1.807, 2.05) is 17.5 Å². The van der Waals surface area contributed by atoms with E-state index < -0.39 is 10.0 Å². The fourth-order valence-corrected chi connectivity index (χ4v) is 6.04. The summed E-state index contributed by atoms with van der Waals surface area (Å²) in [6, 6.07) is 5.47. The van der Waals surface area contributed by atoms with Gasteiger partial charge in [-0.25, -0.2) is 8.42 Å². The number of nitrogens with two attached hydrogens (primary N) is 1. The van der Waals surface area contributed by atoms with Gasteiger partial charge in [-0.15, -0.1) is 22.7 Å². The third-order valence-electron chi connectivity index (χ3n) is 2.55. The predicted molar refractivity (Wildman–Crippen MR) is 82.9 cm³/mol. The molecular formula is C11H13BrN2O2S3. The molecule has 0 aliphatic rings. The van der Waals surface area contributed by atoms with Gasteiger partial charge in [-0.2, -0.15) is 4.31 Å². The van der Waals surface area contributed by atoms with Gasteiger partial charge < -0.3 is 5.73 Å². The van der Waals surface area contributed by atoms with E-state index in [4.69, 9.17) is 5.73 Å². The Morgan fingerprint density at radius 2 is 2.16 bits per heavy atom. The molecule has 2 rings (SSSR count). The van der Waals surface area contributed by atoms with Gasteiger partial charge in [-0.05, 0) is 33.4 Å². The van der Waals surface area contributed by atoms with E-state index in [0.717, 1.165) is 9.75 Å². The molecule has 2 aromatic heterocycles. The molecule has 0 fully saturated rings. The number of nitrogens with zero attached hydrogens (tertiary/aromatic N) is 1. The molecule has 0 amide bonds. The van der Waals surface area contributed by atoms with Crippen molar-refractivity contribution in [3.8, 4) is 0 Å². The Kier molecular flexibility index (Phi) is 4.80. The van der Waals surface area contributed by atoms with Crippen LogP contribution in [0.5, 0.6) is 0 Å². The lowest BCUT2D eigenvalue weighted by Crippen LogP contribution is -2.26. The van der Waals surface area contributed by atoms with Gasteiger partial charge in [0.1, 0.15) is 4.90 Å². The highest BCUT2D eigenvalue weighted by atomic mass is 79.9. The molecule has 0 aliphatic heterocycles. The first-order chi connectivity index (χ1) is 8.95. The monoisotopic (exact) mass is 380 g/mol. The summed E-state index contributed by atoms with van der Waals surface area (Å²) in [5.74, 6) is 0. The van der Waals surface area contributed by atoms with Crippen LogP contribution < -0.4 is 5.73 Å². The molecule has 0 aromatic carbocycles. The van der Waals surface area contributed by atoms with Crippen LogP contribution in [-0.4, -0.2) is 19.8 Å². The number of hydrogen-bond donors (Lipinski definition) is 1. The molecule has 0 bridgehead atoms. The van der Waals surface area contributed by atoms with E-state index in [1.165, 1.54) is 15.6 Å². The molecule has 0 atom stereocenters. The topological polar surface area (TPSA) is 63.4 Å². The van der Waals surface area contributed by atoms with Crippen LogP contribution in [0, 0.1) is 0 Å². The van der Waals surface area contributed by atoms with Gasteiger partial charge >= 0.3 is 0 Å². The second-order valence-electron chi connectivity index (χ2n) is 3.90. The second-order valence-corrected chi connectivity index (χ2v) is 9.40. The highest BCUT2D eigenvalue weighted by Gasteiger charge is 2.25. The van der Waals surface area contributed by atoms with Crippen LogP contribution in [0.25, 0.3) is 0 Å². The normalized spacial score (nSPS) is 12.2. The Morgan fingerprint density at radius 1 is 1.42 bits per heavy atom. The maximum Gasteiger partial charge on any atom is 0.245 e. The van der Waals surface area contributed by atoms with Crippen LogP contribution in [0.3, 0.4) is 0 Å². The third-order valence-corrected chi connectivity index (χ3v) is 7.49. The van der Waals surface area contributed by atoms with E-state index in [-0.39, 0.29) is 4.90 Å². The molecular weight excluding hydrogens is 368 g/mol. The van der Waals surface area contributed by atoms with Gasteiger partial charge in [0.25, 0.3) is 0 Å². The minimum atomic E-state index is -3.49. The number of sulfonamides is 1. The summed E-state index contributed by atoms with van der Waals surface area (Å²) in [6.45, 7) is 0.716. The molecule has 0 saturated carbocycles. The van der Waals surface area contributed by atoms with Gasteiger partial charge in [0.15, 0.2) is 0 Å². The predicted octanol–water partition coefficient (Wildman–Crippen LogP) is 2.85. The molecule has 2 heterocycles. The first-order valence-corrected chi connectivity index (χ1v) is 9.35. The van der Waals surface area contributed by atoms with Gasteiger partial charge in [0.2, 0.25) is 10.0 Å². The molecule has 8 heteroatoms. The summed E-state index contributed by atoms with van der Waals surface area (Å²) in [5, 5.41) is 1.93. The van der Waals surface area contributed by atoms with Crippen molar-refractivity contribution in [1.82, 2.24) is 4.31 Å². The van der Waals surface area contributed by atoms with Crippen molar-refractivity contribution in [3.63, 3.8) is 0 Å². The molecule has 4 nitrogen and oxygen atoms in total. The Hall–Kier alpha value is -0.250. The number of hydrogen-bond acceptors (Lipinski definition) is 5. The van der Waals surface area contributed by atoms with Crippen molar-refractivity contribution in [2.45, 2.75) is 18.0 Å². The molecule has 19 heavy (non-hydrogen) atoms. The van der Waals surface area contributed by atoms with Crippen molar-refractivity contribution in [1.29, 1.82) is 0 Å². The van der Waals surface area contributed by atoms with Crippen LogP contribution in [-0.2, 0) is 23.1 Å². The molecule has 2 N–H and O–H groups in total. The number of rotatable bonds is 5. The highest BCUT2D eigenvalue weighted by Crippen LogP contribution is 2.33. The van der Waals surface area contributed by atoms with E-state index in [2.05, 4.69) is 15.9 Å². The summed E-state index contributed by atoms with van der Waals surface area (Å²) in [5.41, 5.74) is 5.54. The Balaban J connectivity index is 2.28. The maximum absolute atomic E-state index is 12.5. The van der Waals surface area contributed by atoms with Crippen molar-refractivity contribution >= 4 is 48.6 Å². The number of halogens is 1. The van der Waals surface area contributed by atoms with Crippen molar-refractivity contribution < 1.29 is 8.42 Å². The molecule has 0 aliphatic carbocycles. The van der Waals surface area contributed by atoms with Gasteiger partial charge in [0.05, 0.1) is 3.79 Å². The van der Waals surface area contributed by atoms with Crippen LogP contribution in [0.2, 0.25) is 0 Å². The number of thiophene rings is 2. The summed E-state index contributed by atoms with van der Waals surface area (Å²) in [4.78, 5) is 2.14. The molecule has 2 aromatic rings. The minimum absolute atomic E-state index is 0.289. The lowest BCUT2D eigenvalue weighted by atomic mass is 10.5. The molecule has 0 radical (unpaired) electrons. The summed E-state index contributed by atoms with van der Waals surface area (Å²) in [6.07, 6.45) is 0. The van der Waals surface area contributed by atoms with Crippen LogP contribution in [0.1, 0.15) is 9.75 Å². The molecule has 0 spiro atoms. The average Bonchev–Trinajstić information content (AvgIpc) is 2.98. The smallest absolute Gasteiger partial charge is 0.245 e. The van der Waals surface area contributed by atoms with Crippen LogP contribution in [0.15, 0.2) is 32.3 Å². The van der Waals surface area contributed by atoms with Crippen LogP contribution >= 0.6 is 38.6 Å². The van der Waals surface area contributed by atoms with Crippen molar-refractivity contribution in [3.05, 3.63) is 37.1 Å². The van der Waals surface area contributed by atoms with E-state index in [9.17, 15) is 8.42 Å². The summed E-state index contributed by atoms with van der Waals surface area (Å²) >= 11 is 6.20. The van der Waals surface area contributed by atoms with Crippen LogP contribution in [0.4, 0.5) is 0 Å². The first kappa shape index (κ1) is 15.1. The standard InChI is InChI=1S/C11H13BrN2O2S3/c1-14(7-8-3-2-4-17-8)19(15,16)10-5-9(6-13)18-11(10)12/h2-5H,6-7,13H2,1H3. The maximum atomic E-state index is 12.5. The lowest BCUT2D eigenvalue weighted by Gasteiger charge is -2.15. The van der Waals surface area contributed by atoms with E-state index in [1.54, 1.807) is 24.5 Å². The SMILES string of the molecule is CN(Cc1cccs1)S(=O)(=O)c1cc(CN)sc1Br. The van der Waals surface area contributed by atoms with Crippen molar-refractivity contribution in [2.75, 3.05) is 7.05 Å². The molecule has 0 saturated heterocycles. The largest absolute Gasteiger partial charge is 0.326 e. The Labute approximate surface area is 129 Å². The zero-order valence-electron chi connectivity index (χ0n) is 10.2. The zero-order valence-corrected chi connectivity index (χ0v) is 14.2. The minimum Gasteiger partial charge on any atom is -0.326 e. The molecule has 0 unspecified atom stereocenters. The lowest BCUT2D eigenvalue weighted by molar-refractivity contribution is 0.469. The van der Waals surface area contributed by atoms with E-state index in [0.29, 0.717) is 16.9 Å². The fraction of sp³-hybridized carbons (Fsp3) is 0.273. The Bertz CT molecular complexity index is 650. The van der Waals surface area contributed by atoms with Crippen molar-refractivity contribution in [2.24, 2.45) is 5.73 Å². The fourth-order valence-electron chi connectivity index (χ4n) is 1.55. The second kappa shape index (κ2) is 6.02. The van der Waals surface area contributed by atoms with Gasteiger partial charge in [-0.1, -0.05) is 6.07 Å². The first-order valence-electron chi connectivity index (χ1n) is 5.42. The van der Waals surface area contributed by atoms with Gasteiger partial charge in [0, 0.05) is 29.9 Å². The van der Waals surface area contributed by atoms with E-state index >= 15 is 0 Å². The molecule has 104 valence electrons. The van der Waals surface area contributed by atoms with Gasteiger partial charge in [-0.3, -0.25) is 0 Å².